The van der Waals surface area contributed by atoms with Gasteiger partial charge in [0.25, 0.3) is 5.56 Å². The summed E-state index contributed by atoms with van der Waals surface area (Å²) in [5.41, 5.74) is 6.38. The number of aromatic nitrogens is 3. The molecule has 1 atom stereocenters. The van der Waals surface area contributed by atoms with Gasteiger partial charge in [-0.15, -0.1) is 0 Å². The average Bonchev–Trinajstić information content (AvgIpc) is 3.12. The van der Waals surface area contributed by atoms with E-state index < -0.39 is 0 Å². The molecule has 2 heterocycles. The Balaban J connectivity index is 1.69. The van der Waals surface area contributed by atoms with Crippen LogP contribution in [0.15, 0.2) is 77.9 Å². The molecule has 0 amide bonds. The summed E-state index contributed by atoms with van der Waals surface area (Å²) >= 11 is 0. The second kappa shape index (κ2) is 8.32. The van der Waals surface area contributed by atoms with E-state index in [0.29, 0.717) is 29.5 Å². The first-order chi connectivity index (χ1) is 15.9. The van der Waals surface area contributed by atoms with E-state index in [-0.39, 0.29) is 17.3 Å². The molecular formula is C28H26FN3O. The van der Waals surface area contributed by atoms with Gasteiger partial charge in [0, 0.05) is 18.5 Å². The van der Waals surface area contributed by atoms with Gasteiger partial charge in [-0.05, 0) is 54.7 Å². The Morgan fingerprint density at radius 1 is 1.00 bits per heavy atom. The SMILES string of the molecule is Cc1ccc(C)c(Cn2c3ccc(F)cc3c3ncn(C[C@@H](C)c4ccccc4)c(=O)c32)c1. The quantitative estimate of drug-likeness (QED) is 0.339. The van der Waals surface area contributed by atoms with Crippen LogP contribution >= 0.6 is 0 Å². The van der Waals surface area contributed by atoms with Crippen LogP contribution in [0.4, 0.5) is 4.39 Å². The molecule has 0 spiro atoms. The first-order valence-electron chi connectivity index (χ1n) is 11.2. The molecule has 0 aliphatic carbocycles. The zero-order valence-electron chi connectivity index (χ0n) is 19.0. The third kappa shape index (κ3) is 3.84. The van der Waals surface area contributed by atoms with Crippen LogP contribution in [0.25, 0.3) is 21.9 Å². The van der Waals surface area contributed by atoms with E-state index in [0.717, 1.165) is 22.2 Å². The summed E-state index contributed by atoms with van der Waals surface area (Å²) < 4.78 is 17.8. The van der Waals surface area contributed by atoms with Crippen molar-refractivity contribution < 1.29 is 4.39 Å². The maximum atomic E-state index is 14.1. The van der Waals surface area contributed by atoms with Crippen molar-refractivity contribution in [2.24, 2.45) is 0 Å². The fourth-order valence-corrected chi connectivity index (χ4v) is 4.59. The largest absolute Gasteiger partial charge is 0.330 e. The first-order valence-corrected chi connectivity index (χ1v) is 11.2. The molecule has 0 unspecified atom stereocenters. The zero-order chi connectivity index (χ0) is 23.1. The monoisotopic (exact) mass is 439 g/mol. The summed E-state index contributed by atoms with van der Waals surface area (Å²) in [5, 5.41) is 0.663. The fourth-order valence-electron chi connectivity index (χ4n) is 4.59. The number of rotatable bonds is 5. The van der Waals surface area contributed by atoms with Crippen LogP contribution in [0, 0.1) is 19.7 Å². The highest BCUT2D eigenvalue weighted by Gasteiger charge is 2.19. The molecule has 5 rings (SSSR count). The van der Waals surface area contributed by atoms with Crippen molar-refractivity contribution in [2.75, 3.05) is 0 Å². The van der Waals surface area contributed by atoms with Crippen molar-refractivity contribution in [3.05, 3.63) is 111 Å². The van der Waals surface area contributed by atoms with Gasteiger partial charge in [0.2, 0.25) is 0 Å². The van der Waals surface area contributed by atoms with Crippen LogP contribution in [0.1, 0.15) is 35.1 Å². The van der Waals surface area contributed by atoms with E-state index in [1.54, 1.807) is 17.0 Å². The lowest BCUT2D eigenvalue weighted by atomic mass is 10.0. The highest BCUT2D eigenvalue weighted by Crippen LogP contribution is 2.28. The second-order valence-electron chi connectivity index (χ2n) is 8.89. The third-order valence-electron chi connectivity index (χ3n) is 6.46. The first kappa shape index (κ1) is 21.1. The molecule has 0 aliphatic heterocycles. The van der Waals surface area contributed by atoms with Gasteiger partial charge in [0.05, 0.1) is 11.8 Å². The lowest BCUT2D eigenvalue weighted by Gasteiger charge is -2.15. The van der Waals surface area contributed by atoms with E-state index >= 15 is 0 Å². The van der Waals surface area contributed by atoms with E-state index in [1.165, 1.54) is 17.7 Å². The van der Waals surface area contributed by atoms with E-state index in [2.05, 4.69) is 56.1 Å². The highest BCUT2D eigenvalue weighted by atomic mass is 19.1. The molecule has 5 heteroatoms. The normalized spacial score (nSPS) is 12.5. The van der Waals surface area contributed by atoms with Gasteiger partial charge in [-0.2, -0.15) is 0 Å². The Morgan fingerprint density at radius 2 is 1.79 bits per heavy atom. The van der Waals surface area contributed by atoms with Gasteiger partial charge in [-0.3, -0.25) is 9.36 Å². The predicted octanol–water partition coefficient (Wildman–Crippen LogP) is 5.96. The van der Waals surface area contributed by atoms with Crippen LogP contribution in [0.2, 0.25) is 0 Å². The molecular weight excluding hydrogens is 413 g/mol. The van der Waals surface area contributed by atoms with Crippen LogP contribution in [-0.4, -0.2) is 14.1 Å². The minimum Gasteiger partial charge on any atom is -0.330 e. The van der Waals surface area contributed by atoms with Gasteiger partial charge in [0.15, 0.2) is 0 Å². The number of hydrogen-bond acceptors (Lipinski definition) is 2. The summed E-state index contributed by atoms with van der Waals surface area (Å²) in [7, 11) is 0. The minimum atomic E-state index is -0.336. The summed E-state index contributed by atoms with van der Waals surface area (Å²) in [4.78, 5) is 18.4. The van der Waals surface area contributed by atoms with Crippen molar-refractivity contribution >= 4 is 21.9 Å². The number of halogens is 1. The standard InChI is InChI=1S/C28H26FN3O/c1-18-9-10-19(2)22(13-18)16-32-25-12-11-23(29)14-24(25)26-27(32)28(33)31(17-30-26)15-20(3)21-7-5-4-6-8-21/h4-14,17,20H,15-16H2,1-3H3/t20-/m1/s1. The molecule has 33 heavy (non-hydrogen) atoms. The number of hydrogen-bond donors (Lipinski definition) is 0. The topological polar surface area (TPSA) is 39.8 Å². The van der Waals surface area contributed by atoms with Crippen LogP contribution < -0.4 is 5.56 Å². The maximum Gasteiger partial charge on any atom is 0.277 e. The number of benzene rings is 3. The summed E-state index contributed by atoms with van der Waals surface area (Å²) in [6.07, 6.45) is 1.59. The summed E-state index contributed by atoms with van der Waals surface area (Å²) in [6.45, 7) is 7.27. The van der Waals surface area contributed by atoms with Gasteiger partial charge in [-0.1, -0.05) is 61.0 Å². The molecule has 0 saturated carbocycles. The molecule has 4 nitrogen and oxygen atoms in total. The number of nitrogens with zero attached hydrogens (tertiary/aromatic N) is 3. The molecule has 5 aromatic rings. The predicted molar refractivity (Wildman–Crippen MR) is 131 cm³/mol. The van der Waals surface area contributed by atoms with Gasteiger partial charge < -0.3 is 4.57 Å². The van der Waals surface area contributed by atoms with Gasteiger partial charge in [-0.25, -0.2) is 9.37 Å². The van der Waals surface area contributed by atoms with E-state index in [9.17, 15) is 9.18 Å². The minimum absolute atomic E-state index is 0.107. The molecule has 0 radical (unpaired) electrons. The van der Waals surface area contributed by atoms with Gasteiger partial charge >= 0.3 is 0 Å². The highest BCUT2D eigenvalue weighted by molar-refractivity contribution is 6.05. The van der Waals surface area contributed by atoms with Crippen molar-refractivity contribution in [1.29, 1.82) is 0 Å². The van der Waals surface area contributed by atoms with Gasteiger partial charge in [0.1, 0.15) is 16.9 Å². The Hall–Kier alpha value is -3.73. The fraction of sp³-hybridized carbons (Fsp3) is 0.214. The van der Waals surface area contributed by atoms with Crippen molar-refractivity contribution in [1.82, 2.24) is 14.1 Å². The van der Waals surface area contributed by atoms with E-state index in [4.69, 9.17) is 0 Å². The summed E-state index contributed by atoms with van der Waals surface area (Å²) in [5.74, 6) is -0.186. The smallest absolute Gasteiger partial charge is 0.277 e. The molecule has 0 N–H and O–H groups in total. The van der Waals surface area contributed by atoms with E-state index in [1.807, 2.05) is 22.8 Å². The molecule has 166 valence electrons. The Kier molecular flexibility index (Phi) is 5.33. The average molecular weight is 440 g/mol. The lowest BCUT2D eigenvalue weighted by Crippen LogP contribution is -2.24. The molecule has 0 fully saturated rings. The molecule has 2 aromatic heterocycles. The Morgan fingerprint density at radius 3 is 2.58 bits per heavy atom. The maximum absolute atomic E-state index is 14.1. The van der Waals surface area contributed by atoms with Crippen LogP contribution in [0.3, 0.4) is 0 Å². The van der Waals surface area contributed by atoms with Crippen LogP contribution in [0.5, 0.6) is 0 Å². The van der Waals surface area contributed by atoms with Crippen molar-refractivity contribution in [3.63, 3.8) is 0 Å². The molecule has 0 aliphatic rings. The van der Waals surface area contributed by atoms with Crippen LogP contribution in [-0.2, 0) is 13.1 Å². The Bertz CT molecular complexity index is 1530. The van der Waals surface area contributed by atoms with Crippen molar-refractivity contribution in [2.45, 2.75) is 39.8 Å². The lowest BCUT2D eigenvalue weighted by molar-refractivity contribution is 0.575. The molecule has 3 aromatic carbocycles. The number of aryl methyl sites for hydroxylation is 2. The second-order valence-corrected chi connectivity index (χ2v) is 8.89. The van der Waals surface area contributed by atoms with Crippen molar-refractivity contribution in [3.8, 4) is 0 Å². The summed E-state index contributed by atoms with van der Waals surface area (Å²) in [6, 6.07) is 21.1. The Labute approximate surface area is 191 Å². The molecule has 0 bridgehead atoms. The number of fused-ring (bicyclic) bond motifs is 3. The third-order valence-corrected chi connectivity index (χ3v) is 6.46. The molecule has 0 saturated heterocycles. The zero-order valence-corrected chi connectivity index (χ0v) is 19.0.